The smallest absolute Gasteiger partial charge is 0.320 e. The quantitative estimate of drug-likeness (QED) is 0.731. The number of carbonyl (C=O) groups is 2. The topological polar surface area (TPSA) is 101 Å². The van der Waals surface area contributed by atoms with Crippen LogP contribution in [0, 0.1) is 0 Å². The molecule has 1 rings (SSSR count). The molecule has 0 amide bonds. The molecule has 0 heterocycles. The van der Waals surface area contributed by atoms with Gasteiger partial charge < -0.3 is 15.9 Å². The molecule has 2 unspecified atom stereocenters. The van der Waals surface area contributed by atoms with Crippen LogP contribution in [0.5, 0.6) is 0 Å². The molecule has 2 atom stereocenters. The SMILES string of the molecule is NC(CC(CC(=O)O)c1ccc(Cl)cc1)C(=O)O. The minimum Gasteiger partial charge on any atom is -0.481 e. The zero-order chi connectivity index (χ0) is 13.7. The number of carboxylic acid groups (broad SMARTS) is 2. The van der Waals surface area contributed by atoms with Gasteiger partial charge in [-0.1, -0.05) is 23.7 Å². The lowest BCUT2D eigenvalue weighted by Gasteiger charge is -2.17. The van der Waals surface area contributed by atoms with E-state index in [-0.39, 0.29) is 12.8 Å². The molecule has 0 spiro atoms. The minimum absolute atomic E-state index is 0.0727. The molecule has 0 aliphatic heterocycles. The van der Waals surface area contributed by atoms with Crippen molar-refractivity contribution in [1.82, 2.24) is 0 Å². The molecule has 18 heavy (non-hydrogen) atoms. The Morgan fingerprint density at radius 1 is 1.22 bits per heavy atom. The number of aliphatic carboxylic acids is 2. The fourth-order valence-electron chi connectivity index (χ4n) is 1.69. The zero-order valence-electron chi connectivity index (χ0n) is 9.54. The van der Waals surface area contributed by atoms with E-state index in [1.165, 1.54) is 0 Å². The van der Waals surface area contributed by atoms with Gasteiger partial charge in [-0.15, -0.1) is 0 Å². The minimum atomic E-state index is -1.14. The van der Waals surface area contributed by atoms with E-state index in [1.807, 2.05) is 0 Å². The fraction of sp³-hybridized carbons (Fsp3) is 0.333. The van der Waals surface area contributed by atoms with Gasteiger partial charge in [-0.25, -0.2) is 0 Å². The Bertz CT molecular complexity index is 432. The van der Waals surface area contributed by atoms with Crippen molar-refractivity contribution in [1.29, 1.82) is 0 Å². The lowest BCUT2D eigenvalue weighted by molar-refractivity contribution is -0.140. The molecule has 98 valence electrons. The summed E-state index contributed by atoms with van der Waals surface area (Å²) in [6.45, 7) is 0. The first-order valence-corrected chi connectivity index (χ1v) is 5.73. The van der Waals surface area contributed by atoms with E-state index in [2.05, 4.69) is 0 Å². The Hall–Kier alpha value is -1.59. The van der Waals surface area contributed by atoms with Crippen molar-refractivity contribution >= 4 is 23.5 Å². The first-order valence-electron chi connectivity index (χ1n) is 5.35. The second-order valence-electron chi connectivity index (χ2n) is 4.03. The van der Waals surface area contributed by atoms with E-state index in [9.17, 15) is 9.59 Å². The predicted molar refractivity (Wildman–Crippen MR) is 66.7 cm³/mol. The van der Waals surface area contributed by atoms with Crippen molar-refractivity contribution in [3.05, 3.63) is 34.9 Å². The highest BCUT2D eigenvalue weighted by molar-refractivity contribution is 6.30. The van der Waals surface area contributed by atoms with Crippen molar-refractivity contribution in [2.75, 3.05) is 0 Å². The number of hydrogen-bond donors (Lipinski definition) is 3. The van der Waals surface area contributed by atoms with Gasteiger partial charge in [0.25, 0.3) is 0 Å². The average Bonchev–Trinajstić information content (AvgIpc) is 2.28. The van der Waals surface area contributed by atoms with Crippen LogP contribution >= 0.6 is 11.6 Å². The lowest BCUT2D eigenvalue weighted by Crippen LogP contribution is -2.32. The maximum atomic E-state index is 10.8. The lowest BCUT2D eigenvalue weighted by atomic mass is 9.89. The van der Waals surface area contributed by atoms with Crippen molar-refractivity contribution in [2.24, 2.45) is 5.73 Å². The van der Waals surface area contributed by atoms with Crippen LogP contribution in [0.4, 0.5) is 0 Å². The molecule has 0 aromatic heterocycles. The van der Waals surface area contributed by atoms with Gasteiger partial charge in [-0.3, -0.25) is 9.59 Å². The molecule has 0 bridgehead atoms. The summed E-state index contributed by atoms with van der Waals surface area (Å²) in [4.78, 5) is 21.5. The Balaban J connectivity index is 2.87. The molecule has 1 aromatic rings. The maximum absolute atomic E-state index is 10.8. The normalized spacial score (nSPS) is 13.9. The van der Waals surface area contributed by atoms with Gasteiger partial charge in [-0.05, 0) is 30.0 Å². The first-order chi connectivity index (χ1) is 8.40. The van der Waals surface area contributed by atoms with Gasteiger partial charge in [0, 0.05) is 5.02 Å². The van der Waals surface area contributed by atoms with Crippen molar-refractivity contribution in [2.45, 2.75) is 24.8 Å². The summed E-state index contributed by atoms with van der Waals surface area (Å²) in [5, 5.41) is 18.1. The van der Waals surface area contributed by atoms with Crippen molar-refractivity contribution in [3.63, 3.8) is 0 Å². The van der Waals surface area contributed by atoms with Gasteiger partial charge in [0.15, 0.2) is 0 Å². The summed E-state index contributed by atoms with van der Waals surface area (Å²) in [5.41, 5.74) is 6.16. The van der Waals surface area contributed by atoms with Crippen LogP contribution in [0.15, 0.2) is 24.3 Å². The highest BCUT2D eigenvalue weighted by atomic mass is 35.5. The van der Waals surface area contributed by atoms with Crippen LogP contribution < -0.4 is 5.73 Å². The second kappa shape index (κ2) is 6.37. The molecule has 0 aliphatic rings. The van der Waals surface area contributed by atoms with Crippen LogP contribution in [0.2, 0.25) is 5.02 Å². The summed E-state index contributed by atoms with van der Waals surface area (Å²) in [7, 11) is 0. The monoisotopic (exact) mass is 271 g/mol. The summed E-state index contributed by atoms with van der Waals surface area (Å²) in [6, 6.07) is 5.57. The number of carboxylic acids is 2. The van der Waals surface area contributed by atoms with Crippen LogP contribution in [0.3, 0.4) is 0 Å². The third kappa shape index (κ3) is 4.35. The molecule has 0 saturated carbocycles. The van der Waals surface area contributed by atoms with Crippen LogP contribution in [0.1, 0.15) is 24.3 Å². The molecule has 0 saturated heterocycles. The first kappa shape index (κ1) is 14.5. The summed E-state index contributed by atoms with van der Waals surface area (Å²) in [5.74, 6) is -2.57. The van der Waals surface area contributed by atoms with Crippen LogP contribution in [0.25, 0.3) is 0 Å². The molecule has 4 N–H and O–H groups in total. The zero-order valence-corrected chi connectivity index (χ0v) is 10.3. The maximum Gasteiger partial charge on any atom is 0.320 e. The van der Waals surface area contributed by atoms with E-state index in [0.29, 0.717) is 5.02 Å². The standard InChI is InChI=1S/C12H14ClNO4/c13-9-3-1-7(2-4-9)8(6-11(15)16)5-10(14)12(17)18/h1-4,8,10H,5-6,14H2,(H,15,16)(H,17,18). The molecule has 0 radical (unpaired) electrons. The van der Waals surface area contributed by atoms with Crippen LogP contribution in [-0.2, 0) is 9.59 Å². The van der Waals surface area contributed by atoms with Crippen LogP contribution in [-0.4, -0.2) is 28.2 Å². The summed E-state index contributed by atoms with van der Waals surface area (Å²) < 4.78 is 0. The van der Waals surface area contributed by atoms with Gasteiger partial charge in [0.1, 0.15) is 6.04 Å². The molecule has 5 nitrogen and oxygen atoms in total. The highest BCUT2D eigenvalue weighted by Crippen LogP contribution is 2.26. The Labute approximate surface area is 109 Å². The number of rotatable bonds is 6. The number of halogens is 1. The molecule has 0 aliphatic carbocycles. The molecule has 0 fully saturated rings. The highest BCUT2D eigenvalue weighted by Gasteiger charge is 2.22. The van der Waals surface area contributed by atoms with Crippen molar-refractivity contribution in [3.8, 4) is 0 Å². The largest absolute Gasteiger partial charge is 0.481 e. The Kier molecular flexibility index (Phi) is 5.12. The van der Waals surface area contributed by atoms with E-state index in [1.54, 1.807) is 24.3 Å². The van der Waals surface area contributed by atoms with Gasteiger partial charge in [0.05, 0.1) is 6.42 Å². The third-order valence-electron chi connectivity index (χ3n) is 2.62. The average molecular weight is 272 g/mol. The number of benzene rings is 1. The van der Waals surface area contributed by atoms with Gasteiger partial charge in [-0.2, -0.15) is 0 Å². The number of nitrogens with two attached hydrogens (primary N) is 1. The third-order valence-corrected chi connectivity index (χ3v) is 2.87. The Morgan fingerprint density at radius 2 is 1.78 bits per heavy atom. The van der Waals surface area contributed by atoms with Gasteiger partial charge in [0.2, 0.25) is 0 Å². The molecule has 1 aromatic carbocycles. The second-order valence-corrected chi connectivity index (χ2v) is 4.46. The Morgan fingerprint density at radius 3 is 2.22 bits per heavy atom. The van der Waals surface area contributed by atoms with Crippen molar-refractivity contribution < 1.29 is 19.8 Å². The van der Waals surface area contributed by atoms with E-state index in [4.69, 9.17) is 27.5 Å². The van der Waals surface area contributed by atoms with E-state index >= 15 is 0 Å². The molecular weight excluding hydrogens is 258 g/mol. The predicted octanol–water partition coefficient (Wildman–Crippen LogP) is 1.70. The van der Waals surface area contributed by atoms with E-state index < -0.39 is 23.9 Å². The fourth-order valence-corrected chi connectivity index (χ4v) is 1.82. The summed E-state index contributed by atoms with van der Waals surface area (Å²) in [6.07, 6.45) is -0.0914. The van der Waals surface area contributed by atoms with E-state index in [0.717, 1.165) is 5.56 Å². The number of hydrogen-bond acceptors (Lipinski definition) is 3. The summed E-state index contributed by atoms with van der Waals surface area (Å²) >= 11 is 5.74. The molecular formula is C12H14ClNO4. The molecule has 6 heteroatoms. The van der Waals surface area contributed by atoms with Gasteiger partial charge >= 0.3 is 11.9 Å².